The first-order valence-corrected chi connectivity index (χ1v) is 10.6. The average Bonchev–Trinajstić information content (AvgIpc) is 2.74. The lowest BCUT2D eigenvalue weighted by Gasteiger charge is -2.45. The molecule has 5 nitrogen and oxygen atoms in total. The van der Waals surface area contributed by atoms with E-state index in [1.807, 2.05) is 17.0 Å². The van der Waals surface area contributed by atoms with E-state index in [4.69, 9.17) is 4.74 Å². The van der Waals surface area contributed by atoms with Crippen molar-refractivity contribution in [1.82, 2.24) is 9.80 Å². The van der Waals surface area contributed by atoms with E-state index in [9.17, 15) is 4.79 Å². The highest BCUT2D eigenvalue weighted by molar-refractivity contribution is 5.79. The van der Waals surface area contributed by atoms with Crippen molar-refractivity contribution in [3.8, 4) is 5.75 Å². The third-order valence-corrected chi connectivity index (χ3v) is 6.36. The van der Waals surface area contributed by atoms with Crippen molar-refractivity contribution in [2.75, 3.05) is 32.1 Å². The maximum absolute atomic E-state index is 13.0. The highest BCUT2D eigenvalue weighted by atomic mass is 16.5. The van der Waals surface area contributed by atoms with E-state index in [0.29, 0.717) is 13.0 Å². The molecule has 2 heterocycles. The molecule has 2 aliphatic heterocycles. The van der Waals surface area contributed by atoms with Gasteiger partial charge in [-0.2, -0.15) is 0 Å². The number of hydrogen-bond donors (Lipinski definition) is 1. The van der Waals surface area contributed by atoms with Crippen molar-refractivity contribution >= 4 is 11.6 Å². The molecule has 0 unspecified atom stereocenters. The number of methoxy groups -OCH3 is 1. The van der Waals surface area contributed by atoms with Gasteiger partial charge in [0.2, 0.25) is 5.91 Å². The summed E-state index contributed by atoms with van der Waals surface area (Å²) in [7, 11) is 1.71. The third kappa shape index (κ3) is 4.40. The first-order chi connectivity index (χ1) is 14.1. The van der Waals surface area contributed by atoms with Crippen molar-refractivity contribution in [2.45, 2.75) is 44.8 Å². The van der Waals surface area contributed by atoms with Crippen molar-refractivity contribution < 1.29 is 9.53 Å². The summed E-state index contributed by atoms with van der Waals surface area (Å²) in [6.45, 7) is 6.39. The van der Waals surface area contributed by atoms with Crippen LogP contribution in [-0.2, 0) is 17.9 Å². The summed E-state index contributed by atoms with van der Waals surface area (Å²) in [4.78, 5) is 17.5. The van der Waals surface area contributed by atoms with Gasteiger partial charge in [-0.1, -0.05) is 30.3 Å². The lowest BCUT2D eigenvalue weighted by Crippen LogP contribution is -2.53. The maximum atomic E-state index is 13.0. The van der Waals surface area contributed by atoms with E-state index in [-0.39, 0.29) is 11.4 Å². The Morgan fingerprint density at radius 1 is 1.10 bits per heavy atom. The Labute approximate surface area is 173 Å². The quantitative estimate of drug-likeness (QED) is 0.856. The molecule has 0 aliphatic carbocycles. The number of rotatable bonds is 4. The number of carbonyl (C=O) groups excluding carboxylic acids is 1. The van der Waals surface area contributed by atoms with Gasteiger partial charge in [-0.15, -0.1) is 0 Å². The molecule has 0 bridgehead atoms. The number of para-hydroxylation sites is 1. The van der Waals surface area contributed by atoms with Crippen LogP contribution >= 0.6 is 0 Å². The number of nitrogens with zero attached hydrogens (tertiary/aromatic N) is 2. The summed E-state index contributed by atoms with van der Waals surface area (Å²) >= 11 is 0. The van der Waals surface area contributed by atoms with Gasteiger partial charge in [0.05, 0.1) is 7.11 Å². The summed E-state index contributed by atoms with van der Waals surface area (Å²) in [6, 6.07) is 16.7. The molecule has 2 aliphatic rings. The van der Waals surface area contributed by atoms with Gasteiger partial charge in [-0.25, -0.2) is 0 Å². The predicted molar refractivity (Wildman–Crippen MR) is 116 cm³/mol. The molecule has 1 spiro atoms. The van der Waals surface area contributed by atoms with E-state index < -0.39 is 0 Å². The van der Waals surface area contributed by atoms with Gasteiger partial charge in [-0.05, 0) is 49.1 Å². The molecule has 2 aromatic carbocycles. The number of fused-ring (bicyclic) bond motifs is 1. The average molecular weight is 394 g/mol. The number of benzene rings is 2. The first kappa shape index (κ1) is 19.8. The van der Waals surface area contributed by atoms with Crippen molar-refractivity contribution in [1.29, 1.82) is 0 Å². The topological polar surface area (TPSA) is 44.8 Å². The van der Waals surface area contributed by atoms with Crippen LogP contribution in [0.15, 0.2) is 48.5 Å². The standard InChI is InChI=1S/C24H31N3O2/c1-3-27-18-20-8-4-5-10-22(20)25-24(16-23(27)28)11-13-26(14-12-24)17-19-7-6-9-21(15-19)29-2/h4-10,15,25H,3,11-14,16-18H2,1-2H3. The lowest BCUT2D eigenvalue weighted by molar-refractivity contribution is -0.133. The van der Waals surface area contributed by atoms with E-state index in [2.05, 4.69) is 53.5 Å². The van der Waals surface area contributed by atoms with Crippen LogP contribution in [0.3, 0.4) is 0 Å². The van der Waals surface area contributed by atoms with Crippen LogP contribution in [-0.4, -0.2) is 48.0 Å². The molecule has 0 atom stereocenters. The van der Waals surface area contributed by atoms with Gasteiger partial charge in [0, 0.05) is 50.4 Å². The predicted octanol–water partition coefficient (Wildman–Crippen LogP) is 3.89. The molecule has 1 amide bonds. The zero-order valence-corrected chi connectivity index (χ0v) is 17.5. The van der Waals surface area contributed by atoms with Crippen LogP contribution in [0.25, 0.3) is 0 Å². The fourth-order valence-electron chi connectivity index (χ4n) is 4.56. The number of nitrogens with one attached hydrogen (secondary N) is 1. The number of piperidine rings is 1. The van der Waals surface area contributed by atoms with E-state index in [0.717, 1.165) is 44.8 Å². The maximum Gasteiger partial charge on any atom is 0.225 e. The van der Waals surface area contributed by atoms with Crippen molar-refractivity contribution in [3.05, 3.63) is 59.7 Å². The molecule has 5 heteroatoms. The van der Waals surface area contributed by atoms with Crippen molar-refractivity contribution in [2.24, 2.45) is 0 Å². The molecule has 29 heavy (non-hydrogen) atoms. The normalized spacial score (nSPS) is 19.2. The monoisotopic (exact) mass is 393 g/mol. The summed E-state index contributed by atoms with van der Waals surface area (Å²) in [5, 5.41) is 3.80. The van der Waals surface area contributed by atoms with E-state index >= 15 is 0 Å². The van der Waals surface area contributed by atoms with Gasteiger partial charge in [0.1, 0.15) is 5.75 Å². The fraction of sp³-hybridized carbons (Fsp3) is 0.458. The second kappa shape index (κ2) is 8.46. The van der Waals surface area contributed by atoms with Crippen LogP contribution in [0.4, 0.5) is 5.69 Å². The summed E-state index contributed by atoms with van der Waals surface area (Å²) < 4.78 is 5.35. The minimum Gasteiger partial charge on any atom is -0.497 e. The third-order valence-electron chi connectivity index (χ3n) is 6.36. The molecule has 1 N–H and O–H groups in total. The number of ether oxygens (including phenoxy) is 1. The molecule has 0 radical (unpaired) electrons. The highest BCUT2D eigenvalue weighted by Gasteiger charge is 2.39. The Hall–Kier alpha value is -2.53. The van der Waals surface area contributed by atoms with Gasteiger partial charge >= 0.3 is 0 Å². The summed E-state index contributed by atoms with van der Waals surface area (Å²) in [5.41, 5.74) is 3.50. The first-order valence-electron chi connectivity index (χ1n) is 10.6. The molecule has 0 aromatic heterocycles. The van der Waals surface area contributed by atoms with Gasteiger partial charge in [0.15, 0.2) is 0 Å². The number of carbonyl (C=O) groups is 1. The highest BCUT2D eigenvalue weighted by Crippen LogP contribution is 2.35. The minimum absolute atomic E-state index is 0.161. The second-order valence-electron chi connectivity index (χ2n) is 8.27. The summed E-state index contributed by atoms with van der Waals surface area (Å²) in [5.74, 6) is 1.16. The Kier molecular flexibility index (Phi) is 5.76. The number of anilines is 1. The van der Waals surface area contributed by atoms with E-state index in [1.54, 1.807) is 7.11 Å². The van der Waals surface area contributed by atoms with Gasteiger partial charge in [0.25, 0.3) is 0 Å². The Bertz CT molecular complexity index is 859. The Morgan fingerprint density at radius 3 is 2.66 bits per heavy atom. The molecule has 4 rings (SSSR count). The Morgan fingerprint density at radius 2 is 1.90 bits per heavy atom. The largest absolute Gasteiger partial charge is 0.497 e. The zero-order chi connectivity index (χ0) is 20.3. The SMILES string of the molecule is CCN1Cc2ccccc2NC2(CCN(Cc3cccc(OC)c3)CC2)CC1=O. The summed E-state index contributed by atoms with van der Waals surface area (Å²) in [6.07, 6.45) is 2.51. The molecular weight excluding hydrogens is 362 g/mol. The van der Waals surface area contributed by atoms with Crippen LogP contribution < -0.4 is 10.1 Å². The smallest absolute Gasteiger partial charge is 0.225 e. The van der Waals surface area contributed by atoms with Crippen LogP contribution in [0.2, 0.25) is 0 Å². The van der Waals surface area contributed by atoms with Crippen molar-refractivity contribution in [3.63, 3.8) is 0 Å². The number of amides is 1. The van der Waals surface area contributed by atoms with Crippen LogP contribution in [0, 0.1) is 0 Å². The minimum atomic E-state index is -0.161. The van der Waals surface area contributed by atoms with Gasteiger partial charge < -0.3 is 15.0 Å². The number of likely N-dealkylation sites (tertiary alicyclic amines) is 1. The number of hydrogen-bond acceptors (Lipinski definition) is 4. The van der Waals surface area contributed by atoms with Crippen LogP contribution in [0.1, 0.15) is 37.3 Å². The van der Waals surface area contributed by atoms with Crippen LogP contribution in [0.5, 0.6) is 5.75 Å². The molecular formula is C24H31N3O2. The molecule has 154 valence electrons. The second-order valence-corrected chi connectivity index (χ2v) is 8.27. The molecule has 2 aromatic rings. The lowest BCUT2D eigenvalue weighted by atomic mass is 9.82. The van der Waals surface area contributed by atoms with E-state index in [1.165, 1.54) is 16.8 Å². The molecule has 1 fully saturated rings. The molecule has 1 saturated heterocycles. The Balaban J connectivity index is 1.49. The molecule has 0 saturated carbocycles. The fourth-order valence-corrected chi connectivity index (χ4v) is 4.56. The zero-order valence-electron chi connectivity index (χ0n) is 17.5. The van der Waals surface area contributed by atoms with Gasteiger partial charge in [-0.3, -0.25) is 9.69 Å².